The number of ether oxygens (including phenoxy) is 1. The molecule has 0 bridgehead atoms. The maximum absolute atomic E-state index is 13.5. The van der Waals surface area contributed by atoms with E-state index in [2.05, 4.69) is 41.6 Å². The van der Waals surface area contributed by atoms with Crippen molar-refractivity contribution in [2.24, 2.45) is 0 Å². The number of hydrogen-bond acceptors (Lipinski definition) is 4. The minimum Gasteiger partial charge on any atom is -0.494 e. The summed E-state index contributed by atoms with van der Waals surface area (Å²) in [5, 5.41) is 8.52. The van der Waals surface area contributed by atoms with Gasteiger partial charge in [0, 0.05) is 23.1 Å². The van der Waals surface area contributed by atoms with Crippen molar-refractivity contribution in [1.82, 2.24) is 20.1 Å². The predicted octanol–water partition coefficient (Wildman–Crippen LogP) is 6.29. The minimum atomic E-state index is -0.161. The first-order chi connectivity index (χ1) is 18.1. The Morgan fingerprint density at radius 2 is 1.73 bits per heavy atom. The molecule has 186 valence electrons. The molecular weight excluding hydrogens is 460 g/mol. The number of nitrogens with one attached hydrogen (secondary N) is 1. The number of aryl methyl sites for hydroxylation is 1. The molecule has 6 nitrogen and oxygen atoms in total. The van der Waals surface area contributed by atoms with Crippen LogP contribution in [-0.4, -0.2) is 27.3 Å². The van der Waals surface area contributed by atoms with Crippen molar-refractivity contribution in [2.45, 2.75) is 33.7 Å². The molecule has 1 N–H and O–H groups in total. The average Bonchev–Trinajstić information content (AvgIpc) is 3.33. The second kappa shape index (κ2) is 10.7. The lowest BCUT2D eigenvalue weighted by atomic mass is 10.0. The van der Waals surface area contributed by atoms with Crippen LogP contribution in [0.4, 0.5) is 0 Å². The van der Waals surface area contributed by atoms with Crippen molar-refractivity contribution in [3.63, 3.8) is 0 Å². The summed E-state index contributed by atoms with van der Waals surface area (Å²) in [5.74, 6) is 0.618. The van der Waals surface area contributed by atoms with Crippen LogP contribution in [-0.2, 0) is 13.0 Å². The zero-order chi connectivity index (χ0) is 25.8. The average molecular weight is 491 g/mol. The van der Waals surface area contributed by atoms with Crippen LogP contribution < -0.4 is 10.1 Å². The normalized spacial score (nSPS) is 11.0. The van der Waals surface area contributed by atoms with Gasteiger partial charge < -0.3 is 10.1 Å². The van der Waals surface area contributed by atoms with Gasteiger partial charge in [-0.2, -0.15) is 5.10 Å². The van der Waals surface area contributed by atoms with Gasteiger partial charge in [0.15, 0.2) is 0 Å². The van der Waals surface area contributed by atoms with E-state index < -0.39 is 0 Å². The summed E-state index contributed by atoms with van der Waals surface area (Å²) in [6.45, 7) is 7.05. The van der Waals surface area contributed by atoms with Crippen LogP contribution in [0, 0.1) is 6.92 Å². The quantitative estimate of drug-likeness (QED) is 0.278. The summed E-state index contributed by atoms with van der Waals surface area (Å²) in [6.07, 6.45) is 2.81. The second-order valence-corrected chi connectivity index (χ2v) is 8.87. The van der Waals surface area contributed by atoms with E-state index in [1.807, 2.05) is 79.3 Å². The number of aromatic nitrogens is 3. The molecular formula is C31H30N4O2. The number of carbonyl (C=O) groups excluding carboxylic acids is 1. The molecule has 0 spiro atoms. The SMILES string of the molecule is CCOc1ccccc1CNC(=O)c1cc(-c2cnn(-c3ccc(CC)cc3)c2C)nc2ccccc12. The molecule has 3 aromatic carbocycles. The van der Waals surface area contributed by atoms with Crippen LogP contribution in [0.3, 0.4) is 0 Å². The smallest absolute Gasteiger partial charge is 0.252 e. The molecule has 37 heavy (non-hydrogen) atoms. The lowest BCUT2D eigenvalue weighted by molar-refractivity contribution is 0.0952. The fraction of sp³-hybridized carbons (Fsp3) is 0.194. The number of fused-ring (bicyclic) bond motifs is 1. The molecule has 5 rings (SSSR count). The van der Waals surface area contributed by atoms with E-state index in [1.54, 1.807) is 0 Å². The maximum Gasteiger partial charge on any atom is 0.252 e. The van der Waals surface area contributed by atoms with E-state index in [9.17, 15) is 4.79 Å². The number of nitrogens with zero attached hydrogens (tertiary/aromatic N) is 3. The molecule has 2 heterocycles. The second-order valence-electron chi connectivity index (χ2n) is 8.87. The zero-order valence-corrected chi connectivity index (χ0v) is 21.4. The third-order valence-electron chi connectivity index (χ3n) is 6.55. The Morgan fingerprint density at radius 3 is 2.51 bits per heavy atom. The van der Waals surface area contributed by atoms with Gasteiger partial charge in [0.25, 0.3) is 5.91 Å². The topological polar surface area (TPSA) is 69.0 Å². The molecule has 0 aliphatic rings. The van der Waals surface area contributed by atoms with Gasteiger partial charge in [-0.05, 0) is 56.2 Å². The number of amides is 1. The van der Waals surface area contributed by atoms with Crippen molar-refractivity contribution in [2.75, 3.05) is 6.61 Å². The molecule has 0 radical (unpaired) electrons. The van der Waals surface area contributed by atoms with Crippen molar-refractivity contribution in [1.29, 1.82) is 0 Å². The van der Waals surface area contributed by atoms with Gasteiger partial charge in [0.05, 0.1) is 41.0 Å². The largest absolute Gasteiger partial charge is 0.494 e. The molecule has 0 aliphatic heterocycles. The van der Waals surface area contributed by atoms with Crippen LogP contribution in [0.15, 0.2) is 85.1 Å². The fourth-order valence-corrected chi connectivity index (χ4v) is 4.51. The Kier molecular flexibility index (Phi) is 6.99. The summed E-state index contributed by atoms with van der Waals surface area (Å²) < 4.78 is 7.63. The van der Waals surface area contributed by atoms with Crippen molar-refractivity contribution in [3.05, 3.63) is 107 Å². The lowest BCUT2D eigenvalue weighted by Crippen LogP contribution is -2.23. The van der Waals surface area contributed by atoms with Crippen LogP contribution >= 0.6 is 0 Å². The van der Waals surface area contributed by atoms with E-state index in [-0.39, 0.29) is 5.91 Å². The molecule has 0 fully saturated rings. The summed E-state index contributed by atoms with van der Waals surface area (Å²) >= 11 is 0. The molecule has 0 aliphatic carbocycles. The molecule has 0 saturated carbocycles. The number of rotatable bonds is 8. The number of benzene rings is 3. The van der Waals surface area contributed by atoms with E-state index >= 15 is 0 Å². The molecule has 6 heteroatoms. The van der Waals surface area contributed by atoms with Gasteiger partial charge in [-0.25, -0.2) is 9.67 Å². The van der Waals surface area contributed by atoms with Gasteiger partial charge in [-0.15, -0.1) is 0 Å². The Hall–Kier alpha value is -4.45. The van der Waals surface area contributed by atoms with Crippen LogP contribution in [0.2, 0.25) is 0 Å². The van der Waals surface area contributed by atoms with E-state index in [0.29, 0.717) is 24.4 Å². The van der Waals surface area contributed by atoms with E-state index in [1.165, 1.54) is 5.56 Å². The highest BCUT2D eigenvalue weighted by Crippen LogP contribution is 2.28. The first-order valence-corrected chi connectivity index (χ1v) is 12.6. The first kappa shape index (κ1) is 24.3. The number of pyridine rings is 1. The first-order valence-electron chi connectivity index (χ1n) is 12.6. The minimum absolute atomic E-state index is 0.161. The Balaban J connectivity index is 1.49. The van der Waals surface area contributed by atoms with E-state index in [0.717, 1.165) is 45.6 Å². The fourth-order valence-electron chi connectivity index (χ4n) is 4.51. The summed E-state index contributed by atoms with van der Waals surface area (Å²) in [6, 6.07) is 25.7. The highest BCUT2D eigenvalue weighted by atomic mass is 16.5. The Bertz CT molecular complexity index is 1550. The van der Waals surface area contributed by atoms with Gasteiger partial charge >= 0.3 is 0 Å². The number of hydrogen-bond donors (Lipinski definition) is 1. The van der Waals surface area contributed by atoms with Crippen LogP contribution in [0.5, 0.6) is 5.75 Å². The Labute approximate surface area is 216 Å². The predicted molar refractivity (Wildman–Crippen MR) is 147 cm³/mol. The molecule has 0 atom stereocenters. The number of para-hydroxylation sites is 2. The van der Waals surface area contributed by atoms with Crippen molar-refractivity contribution in [3.8, 4) is 22.7 Å². The molecule has 2 aromatic heterocycles. The van der Waals surface area contributed by atoms with Gasteiger partial charge in [0.1, 0.15) is 5.75 Å². The van der Waals surface area contributed by atoms with Crippen LogP contribution in [0.25, 0.3) is 27.8 Å². The van der Waals surface area contributed by atoms with Crippen molar-refractivity contribution < 1.29 is 9.53 Å². The maximum atomic E-state index is 13.5. The van der Waals surface area contributed by atoms with Gasteiger partial charge in [0.2, 0.25) is 0 Å². The molecule has 0 unspecified atom stereocenters. The van der Waals surface area contributed by atoms with E-state index in [4.69, 9.17) is 9.72 Å². The monoisotopic (exact) mass is 490 g/mol. The van der Waals surface area contributed by atoms with Crippen LogP contribution in [0.1, 0.15) is 41.0 Å². The highest BCUT2D eigenvalue weighted by Gasteiger charge is 2.18. The third kappa shape index (κ3) is 4.96. The van der Waals surface area contributed by atoms with Gasteiger partial charge in [-0.3, -0.25) is 4.79 Å². The van der Waals surface area contributed by atoms with Gasteiger partial charge in [-0.1, -0.05) is 55.5 Å². The molecule has 5 aromatic rings. The molecule has 0 saturated heterocycles. The highest BCUT2D eigenvalue weighted by molar-refractivity contribution is 6.07. The molecule has 1 amide bonds. The third-order valence-corrected chi connectivity index (χ3v) is 6.55. The Morgan fingerprint density at radius 1 is 0.973 bits per heavy atom. The lowest BCUT2D eigenvalue weighted by Gasteiger charge is -2.13. The summed E-state index contributed by atoms with van der Waals surface area (Å²) in [7, 11) is 0. The number of carbonyl (C=O) groups is 1. The zero-order valence-electron chi connectivity index (χ0n) is 21.4. The standard InChI is InChI=1S/C31H30N4O2/c1-4-22-14-16-24(17-15-22)35-21(3)27(20-33-35)29-18-26(25-11-7-8-12-28(25)34-29)31(36)32-19-23-10-6-9-13-30(23)37-5-2/h6-18,20H,4-5,19H2,1-3H3,(H,32,36). The summed E-state index contributed by atoms with van der Waals surface area (Å²) in [4.78, 5) is 18.3. The summed E-state index contributed by atoms with van der Waals surface area (Å²) in [5.41, 5.74) is 7.12. The van der Waals surface area contributed by atoms with Crippen molar-refractivity contribution >= 4 is 16.8 Å².